The first-order valence-corrected chi connectivity index (χ1v) is 16.9. The molecule has 36 heteroatoms. The van der Waals surface area contributed by atoms with Gasteiger partial charge in [0, 0.05) is 0 Å². The van der Waals surface area contributed by atoms with E-state index in [4.69, 9.17) is 29.4 Å². The number of rotatable bonds is 12. The first-order chi connectivity index (χ1) is 15.6. The Kier molecular flexibility index (Phi) is 40.5. The fourth-order valence-electron chi connectivity index (χ4n) is 2.76. The van der Waals surface area contributed by atoms with E-state index in [-0.39, 0.29) is 308 Å². The Hall–Kier alpha value is 10.5. The maximum Gasteiger partial charge on any atom is 1.00 e. The summed E-state index contributed by atoms with van der Waals surface area (Å²) in [4.78, 5) is 121. The van der Waals surface area contributed by atoms with Crippen molar-refractivity contribution in [2.45, 2.75) is 36.6 Å². The van der Waals surface area contributed by atoms with Crippen LogP contribution in [0.15, 0.2) is 0 Å². The van der Waals surface area contributed by atoms with Gasteiger partial charge in [0.15, 0.2) is 0 Å². The van der Waals surface area contributed by atoms with Crippen LogP contribution in [-0.2, 0) is 54.5 Å². The molecule has 0 aromatic rings. The summed E-state index contributed by atoms with van der Waals surface area (Å²) in [5.41, 5.74) is 0. The average molecular weight is 889 g/mol. The molecule has 0 radical (unpaired) electrons. The fourth-order valence-corrected chi connectivity index (χ4v) is 6.05. The Balaban J connectivity index is -0.000000540. The van der Waals surface area contributed by atoms with Gasteiger partial charge in [0.25, 0.3) is 0 Å². The third kappa shape index (κ3) is 29.7. The predicted octanol–water partition coefficient (Wildman–Crippen LogP) is -24.9. The zero-order valence-corrected chi connectivity index (χ0v) is 46.3. The molecule has 0 amide bonds. The third-order valence-electron chi connectivity index (χ3n) is 3.47. The van der Waals surface area contributed by atoms with E-state index in [2.05, 4.69) is 27.1 Å². The third-order valence-corrected chi connectivity index (χ3v) is 6.53. The molecule has 0 saturated heterocycles. The minimum absolute atomic E-state index is 0. The van der Waals surface area contributed by atoms with Gasteiger partial charge in [-0.2, -0.15) is 0 Å². The minimum atomic E-state index is -6.60. The van der Waals surface area contributed by atoms with Crippen molar-refractivity contribution in [3.63, 3.8) is 0 Å². The summed E-state index contributed by atoms with van der Waals surface area (Å²) in [7, 11) is -38.1. The summed E-state index contributed by atoms with van der Waals surface area (Å²) >= 11 is 0. The molecule has 1 rings (SSSR count). The number of hydrogen-bond donors (Lipinski definition) is 6. The second-order valence-corrected chi connectivity index (χ2v) is 13.1. The van der Waals surface area contributed by atoms with Gasteiger partial charge in [0.1, 0.15) is 36.6 Å². The van der Waals surface area contributed by atoms with Crippen molar-refractivity contribution in [2.24, 2.45) is 0 Å². The molecule has 0 aliphatic heterocycles. The summed E-state index contributed by atoms with van der Waals surface area (Å²) in [6.45, 7) is 0. The zero-order valence-electron chi connectivity index (χ0n) is 22.2. The quantitative estimate of drug-likeness (QED) is 0.0782. The van der Waals surface area contributed by atoms with Gasteiger partial charge in [-0.25, -0.2) is 13.7 Å². The van der Waals surface area contributed by atoms with Crippen LogP contribution in [-0.4, -0.2) is 66.0 Å². The largest absolute Gasteiger partial charge is 1.00 e. The van der Waals surface area contributed by atoms with E-state index in [1.54, 1.807) is 0 Å². The normalized spacial score (nSPS) is 25.1. The number of phosphoric ester groups is 6. The number of hydrogen-bond acceptors (Lipinski definition) is 18. The molecule has 1 aliphatic rings. The van der Waals surface area contributed by atoms with E-state index in [0.717, 1.165) is 0 Å². The summed E-state index contributed by atoms with van der Waals surface area (Å²) in [5.74, 6) is 0. The van der Waals surface area contributed by atoms with E-state index in [9.17, 15) is 56.8 Å². The summed E-state index contributed by atoms with van der Waals surface area (Å²) < 4.78 is 90.7. The van der Waals surface area contributed by atoms with Crippen molar-refractivity contribution in [2.75, 3.05) is 0 Å². The van der Waals surface area contributed by atoms with Gasteiger partial charge in [0.2, 0.25) is 0 Å². The Morgan fingerprint density at radius 2 is 0.452 bits per heavy atom. The Labute approximate surface area is 491 Å². The number of phosphoric acid groups is 6. The van der Waals surface area contributed by atoms with E-state index in [0.29, 0.717) is 0 Å². The van der Waals surface area contributed by atoms with Crippen LogP contribution >= 0.6 is 46.9 Å². The molecule has 0 aromatic heterocycles. The van der Waals surface area contributed by atoms with Gasteiger partial charge >= 0.3 is 332 Å². The van der Waals surface area contributed by atoms with E-state index < -0.39 is 83.6 Å². The van der Waals surface area contributed by atoms with Crippen LogP contribution in [0.1, 0.15) is 0 Å². The van der Waals surface area contributed by atoms with Gasteiger partial charge < -0.3 is 86.0 Å². The Bertz CT molecular complexity index is 843. The summed E-state index contributed by atoms with van der Waals surface area (Å²) in [5, 5.41) is 0. The molecule has 0 bridgehead atoms. The summed E-state index contributed by atoms with van der Waals surface area (Å²) in [6.07, 6.45) is -20.2. The van der Waals surface area contributed by atoms with Crippen molar-refractivity contribution in [3.8, 4) is 0 Å². The second-order valence-electron chi connectivity index (χ2n) is 6.23. The van der Waals surface area contributed by atoms with Crippen LogP contribution in [0.3, 0.4) is 0 Å². The van der Waals surface area contributed by atoms with Gasteiger partial charge in [-0.15, -0.1) is 0 Å². The molecule has 1 aliphatic carbocycles. The zero-order chi connectivity index (χ0) is 28.7. The molecular formula is C6H12K6O24P6. The van der Waals surface area contributed by atoms with E-state index in [1.807, 2.05) is 0 Å². The van der Waals surface area contributed by atoms with Crippen LogP contribution < -0.4 is 338 Å². The molecule has 42 heavy (non-hydrogen) atoms. The first kappa shape index (κ1) is 64.4. The Morgan fingerprint density at radius 3 is 0.548 bits per heavy atom. The standard InChI is InChI=1S/C6H18O24P6.6K/c7-31(8,9)25-1-2(26-32(10,11)12)4(28-34(16,17)18)6(30-36(22,23)24)5(29-35(19,20)21)3(1)27-33(13,14)15;;;;;;/h1-6H,(H2,7,8,9)(H2,10,11,12)(H2,13,14,15)(H2,16,17,18)(H2,19,20,21)(H2,22,23,24);;;;;;/q;6*+1/p-6/t1-,2-,3-,4+,5-,6-;;;;;;. The fraction of sp³-hybridized carbons (Fsp3) is 1.00. The Morgan fingerprint density at radius 1 is 0.333 bits per heavy atom. The first-order valence-electron chi connectivity index (χ1n) is 7.90. The molecular weight excluding hydrogens is 876 g/mol. The molecule has 6 atom stereocenters. The molecule has 0 spiro atoms. The van der Waals surface area contributed by atoms with Gasteiger partial charge in [-0.3, -0.25) is 13.6 Å². The van der Waals surface area contributed by atoms with Crippen LogP contribution in [0.4, 0.5) is 0 Å². The second kappa shape index (κ2) is 26.4. The van der Waals surface area contributed by atoms with E-state index >= 15 is 0 Å². The van der Waals surface area contributed by atoms with Crippen LogP contribution in [0, 0.1) is 0 Å². The summed E-state index contributed by atoms with van der Waals surface area (Å²) in [6, 6.07) is 0. The van der Waals surface area contributed by atoms with Crippen molar-refractivity contribution >= 4 is 46.9 Å². The average Bonchev–Trinajstić information content (AvgIpc) is 2.51. The van der Waals surface area contributed by atoms with E-state index in [1.165, 1.54) is 0 Å². The maximum atomic E-state index is 11.4. The smallest absolute Gasteiger partial charge is 0.790 e. The molecule has 6 N–H and O–H groups in total. The molecule has 0 aromatic carbocycles. The molecule has 1 fully saturated rings. The SMILES string of the molecule is O=P([O-])([O-])O[C@H]1[C@@H](OP(=O)([O-])[O-])[C@H](OP(=O)(O)O)[C@@H](OP(=O)(O)O)[C@H](OP(=O)(O)O)[C@H]1OP(=O)([O-])[O-].[K+].[K+].[K+].[K+].[K+].[K+]. The predicted molar refractivity (Wildman–Crippen MR) is 88.2 cm³/mol. The van der Waals surface area contributed by atoms with Gasteiger partial charge in [-0.1, -0.05) is 0 Å². The molecule has 24 nitrogen and oxygen atoms in total. The van der Waals surface area contributed by atoms with Crippen molar-refractivity contribution in [3.05, 3.63) is 0 Å². The maximum absolute atomic E-state index is 11.4. The van der Waals surface area contributed by atoms with Gasteiger partial charge in [-0.05, 0) is 0 Å². The van der Waals surface area contributed by atoms with Crippen molar-refractivity contribution < 1.29 is 422 Å². The topological polar surface area (TPSA) is 418 Å². The monoisotopic (exact) mass is 888 g/mol. The molecule has 0 heterocycles. The van der Waals surface area contributed by atoms with Crippen LogP contribution in [0.2, 0.25) is 0 Å². The minimum Gasteiger partial charge on any atom is -0.790 e. The van der Waals surface area contributed by atoms with Crippen molar-refractivity contribution in [1.29, 1.82) is 0 Å². The molecule has 1 saturated carbocycles. The van der Waals surface area contributed by atoms with Gasteiger partial charge in [0.05, 0.1) is 23.5 Å². The molecule has 0 unspecified atom stereocenters. The van der Waals surface area contributed by atoms with Crippen molar-refractivity contribution in [1.82, 2.24) is 0 Å². The van der Waals surface area contributed by atoms with Crippen LogP contribution in [0.25, 0.3) is 0 Å². The molecule has 216 valence electrons. The van der Waals surface area contributed by atoms with Crippen LogP contribution in [0.5, 0.6) is 0 Å².